The Bertz CT molecular complexity index is 1190. The maximum atomic E-state index is 14.4. The van der Waals surface area contributed by atoms with E-state index in [1.54, 1.807) is 15.8 Å². The van der Waals surface area contributed by atoms with Gasteiger partial charge in [-0.1, -0.05) is 0 Å². The maximum absolute atomic E-state index is 14.4. The Morgan fingerprint density at radius 2 is 1.81 bits per heavy atom. The Balaban J connectivity index is 1.30. The average Bonchev–Trinajstić information content (AvgIpc) is 3.04. The van der Waals surface area contributed by atoms with Gasteiger partial charge in [-0.15, -0.1) is 0 Å². The van der Waals surface area contributed by atoms with Crippen LogP contribution in [0, 0.1) is 29.8 Å². The molecule has 160 valence electrons. The van der Waals surface area contributed by atoms with Gasteiger partial charge in [0.25, 0.3) is 5.91 Å². The molecule has 2 aliphatic rings. The second-order valence-electron chi connectivity index (χ2n) is 8.63. The monoisotopic (exact) mass is 427 g/mol. The third-order valence-corrected chi connectivity index (χ3v) is 6.37. The van der Waals surface area contributed by atoms with Crippen LogP contribution in [0.1, 0.15) is 34.8 Å². The molecular weight excluding hydrogens is 407 g/mol. The molecule has 2 aromatic carbocycles. The molecule has 1 amide bonds. The van der Waals surface area contributed by atoms with Gasteiger partial charge in [0.15, 0.2) is 0 Å². The Morgan fingerprint density at radius 3 is 2.55 bits per heavy atom. The fourth-order valence-corrected chi connectivity index (χ4v) is 4.87. The minimum Gasteiger partial charge on any atom is -0.508 e. The predicted octanol–water partition coefficient (Wildman–Crippen LogP) is 4.46. The molecule has 0 radical (unpaired) electrons. The van der Waals surface area contributed by atoms with Crippen molar-refractivity contribution in [3.05, 3.63) is 71.2 Å². The van der Waals surface area contributed by atoms with Crippen molar-refractivity contribution in [2.24, 2.45) is 5.41 Å². The Labute approximate surface area is 176 Å². The van der Waals surface area contributed by atoms with Crippen LogP contribution in [0.2, 0.25) is 0 Å². The van der Waals surface area contributed by atoms with E-state index < -0.39 is 23.4 Å². The standard InChI is InChI=1S/C23H20F3N3O2/c1-13-10-27-29(21(13)17-6-14(24)2-4-19(17)25)15-8-23(9-15)11-28(12-23)22(31)18-7-16(30)3-5-20(18)26/h2-7,10,15,30H,8-9,11-12H2,1H3. The van der Waals surface area contributed by atoms with Gasteiger partial charge in [-0.25, -0.2) is 13.2 Å². The lowest BCUT2D eigenvalue weighted by Gasteiger charge is -2.59. The molecule has 8 heteroatoms. The molecule has 2 fully saturated rings. The lowest BCUT2D eigenvalue weighted by Crippen LogP contribution is -2.64. The summed E-state index contributed by atoms with van der Waals surface area (Å²) in [6, 6.07) is 6.80. The topological polar surface area (TPSA) is 58.4 Å². The number of carbonyl (C=O) groups is 1. The van der Waals surface area contributed by atoms with Gasteiger partial charge in [-0.05, 0) is 61.7 Å². The van der Waals surface area contributed by atoms with E-state index in [2.05, 4.69) is 5.10 Å². The van der Waals surface area contributed by atoms with Crippen molar-refractivity contribution in [3.8, 4) is 17.0 Å². The zero-order chi connectivity index (χ0) is 21.9. The third kappa shape index (κ3) is 3.17. The van der Waals surface area contributed by atoms with Gasteiger partial charge >= 0.3 is 0 Å². The van der Waals surface area contributed by atoms with Crippen molar-refractivity contribution >= 4 is 5.91 Å². The van der Waals surface area contributed by atoms with Crippen LogP contribution in [0.15, 0.2) is 42.6 Å². The Hall–Kier alpha value is -3.29. The highest BCUT2D eigenvalue weighted by atomic mass is 19.1. The normalized spacial score (nSPS) is 17.5. The summed E-state index contributed by atoms with van der Waals surface area (Å²) in [6.45, 7) is 2.79. The lowest BCUT2D eigenvalue weighted by atomic mass is 9.60. The molecule has 5 rings (SSSR count). The first-order chi connectivity index (χ1) is 14.8. The molecule has 1 aliphatic carbocycles. The van der Waals surface area contributed by atoms with Gasteiger partial charge in [0.1, 0.15) is 23.2 Å². The van der Waals surface area contributed by atoms with Gasteiger partial charge in [-0.3, -0.25) is 9.48 Å². The summed E-state index contributed by atoms with van der Waals surface area (Å²) in [6.07, 6.45) is 3.13. The fourth-order valence-electron chi connectivity index (χ4n) is 4.87. The summed E-state index contributed by atoms with van der Waals surface area (Å²) in [5.74, 6) is -2.28. The van der Waals surface area contributed by atoms with Crippen LogP contribution in [0.25, 0.3) is 11.3 Å². The van der Waals surface area contributed by atoms with Crippen molar-refractivity contribution in [2.45, 2.75) is 25.8 Å². The van der Waals surface area contributed by atoms with E-state index in [1.807, 2.05) is 6.92 Å². The van der Waals surface area contributed by atoms with Crippen molar-refractivity contribution in [2.75, 3.05) is 13.1 Å². The molecule has 1 spiro atoms. The highest BCUT2D eigenvalue weighted by Crippen LogP contribution is 2.55. The van der Waals surface area contributed by atoms with Crippen LogP contribution >= 0.6 is 0 Å². The first-order valence-electron chi connectivity index (χ1n) is 10.0. The second-order valence-corrected chi connectivity index (χ2v) is 8.63. The molecule has 3 aromatic rings. The SMILES string of the molecule is Cc1cnn(C2CC3(C2)CN(C(=O)c2cc(O)ccc2F)C3)c1-c1cc(F)ccc1F. The number of rotatable bonds is 3. The first-order valence-corrected chi connectivity index (χ1v) is 10.0. The number of aryl methyl sites for hydroxylation is 1. The van der Waals surface area contributed by atoms with E-state index in [0.717, 1.165) is 42.7 Å². The number of halogens is 3. The number of phenols is 1. The quantitative estimate of drug-likeness (QED) is 0.672. The summed E-state index contributed by atoms with van der Waals surface area (Å²) in [5.41, 5.74) is 1.28. The zero-order valence-electron chi connectivity index (χ0n) is 16.8. The summed E-state index contributed by atoms with van der Waals surface area (Å²) in [7, 11) is 0. The number of carbonyl (C=O) groups excluding carboxylic acids is 1. The number of aromatic nitrogens is 2. The molecule has 1 aliphatic heterocycles. The third-order valence-electron chi connectivity index (χ3n) is 6.37. The summed E-state index contributed by atoms with van der Waals surface area (Å²) < 4.78 is 43.8. The number of hydrogen-bond donors (Lipinski definition) is 1. The number of aromatic hydroxyl groups is 1. The number of hydrogen-bond acceptors (Lipinski definition) is 3. The largest absolute Gasteiger partial charge is 0.508 e. The molecule has 0 atom stereocenters. The summed E-state index contributed by atoms with van der Waals surface area (Å²) >= 11 is 0. The molecular formula is C23H20F3N3O2. The van der Waals surface area contributed by atoms with Gasteiger partial charge in [0.2, 0.25) is 0 Å². The summed E-state index contributed by atoms with van der Waals surface area (Å²) in [5, 5.41) is 13.9. The Kier molecular flexibility index (Phi) is 4.35. The van der Waals surface area contributed by atoms with E-state index >= 15 is 0 Å². The number of nitrogens with zero attached hydrogens (tertiary/aromatic N) is 3. The van der Waals surface area contributed by atoms with Crippen molar-refractivity contribution in [1.29, 1.82) is 0 Å². The van der Waals surface area contributed by atoms with Crippen LogP contribution in [0.5, 0.6) is 5.75 Å². The Morgan fingerprint density at radius 1 is 1.10 bits per heavy atom. The number of benzene rings is 2. The van der Waals surface area contributed by atoms with Gasteiger partial charge < -0.3 is 10.0 Å². The summed E-state index contributed by atoms with van der Waals surface area (Å²) in [4.78, 5) is 14.1. The minimum atomic E-state index is -0.663. The van der Waals surface area contributed by atoms with E-state index in [1.165, 1.54) is 12.1 Å². The van der Waals surface area contributed by atoms with E-state index in [0.29, 0.717) is 18.8 Å². The number of phenolic OH excluding ortho intramolecular Hbond substituents is 1. The molecule has 1 N–H and O–H groups in total. The average molecular weight is 427 g/mol. The molecule has 5 nitrogen and oxygen atoms in total. The van der Waals surface area contributed by atoms with Crippen LogP contribution in [-0.4, -0.2) is 38.8 Å². The van der Waals surface area contributed by atoms with Crippen molar-refractivity contribution in [3.63, 3.8) is 0 Å². The number of likely N-dealkylation sites (tertiary alicyclic amines) is 1. The predicted molar refractivity (Wildman–Crippen MR) is 107 cm³/mol. The van der Waals surface area contributed by atoms with Crippen molar-refractivity contribution < 1.29 is 23.1 Å². The van der Waals surface area contributed by atoms with Crippen molar-refractivity contribution in [1.82, 2.24) is 14.7 Å². The smallest absolute Gasteiger partial charge is 0.257 e. The molecule has 31 heavy (non-hydrogen) atoms. The van der Waals surface area contributed by atoms with E-state index in [4.69, 9.17) is 0 Å². The molecule has 1 saturated heterocycles. The van der Waals surface area contributed by atoms with Crippen LogP contribution in [0.3, 0.4) is 0 Å². The fraction of sp³-hybridized carbons (Fsp3) is 0.304. The van der Waals surface area contributed by atoms with Crippen LogP contribution < -0.4 is 0 Å². The van der Waals surface area contributed by atoms with E-state index in [9.17, 15) is 23.1 Å². The van der Waals surface area contributed by atoms with Crippen LogP contribution in [-0.2, 0) is 0 Å². The molecule has 0 bridgehead atoms. The molecule has 1 saturated carbocycles. The maximum Gasteiger partial charge on any atom is 0.257 e. The highest BCUT2D eigenvalue weighted by Gasteiger charge is 2.55. The van der Waals surface area contributed by atoms with Gasteiger partial charge in [0, 0.05) is 24.1 Å². The number of amides is 1. The highest BCUT2D eigenvalue weighted by molar-refractivity contribution is 5.95. The first kappa shape index (κ1) is 19.7. The molecule has 2 heterocycles. The minimum absolute atomic E-state index is 0.0149. The van der Waals surface area contributed by atoms with Crippen LogP contribution in [0.4, 0.5) is 13.2 Å². The molecule has 0 unspecified atom stereocenters. The lowest BCUT2D eigenvalue weighted by molar-refractivity contribution is -0.0735. The van der Waals surface area contributed by atoms with E-state index in [-0.39, 0.29) is 28.3 Å². The molecule has 1 aromatic heterocycles. The zero-order valence-corrected chi connectivity index (χ0v) is 16.8. The van der Waals surface area contributed by atoms with Gasteiger partial charge in [0.05, 0.1) is 23.5 Å². The second kappa shape index (κ2) is 6.87. The van der Waals surface area contributed by atoms with Gasteiger partial charge in [-0.2, -0.15) is 5.10 Å².